The third kappa shape index (κ3) is 5.46. The van der Waals surface area contributed by atoms with E-state index in [-0.39, 0.29) is 12.3 Å². The van der Waals surface area contributed by atoms with Gasteiger partial charge in [0, 0.05) is 17.4 Å². The van der Waals surface area contributed by atoms with Gasteiger partial charge in [0.05, 0.1) is 22.5 Å². The number of amides is 1. The summed E-state index contributed by atoms with van der Waals surface area (Å²) in [6.07, 6.45) is 3.28. The maximum absolute atomic E-state index is 13.2. The molecule has 0 bridgehead atoms. The number of benzene rings is 2. The van der Waals surface area contributed by atoms with Gasteiger partial charge in [0.25, 0.3) is 0 Å². The first-order valence-electron chi connectivity index (χ1n) is 9.39. The SMILES string of the molecule is O=C(CS(=O)(=O)Cc1ccccc1)N(Cc1cccnc1)c1nc2ccc(Cl)cc2s1. The largest absolute Gasteiger partial charge is 0.283 e. The fourth-order valence-electron chi connectivity index (χ4n) is 3.08. The van der Waals surface area contributed by atoms with Crippen LogP contribution in [0.3, 0.4) is 0 Å². The van der Waals surface area contributed by atoms with Crippen LogP contribution in [0.4, 0.5) is 5.13 Å². The number of rotatable bonds is 7. The molecule has 0 aliphatic heterocycles. The predicted molar refractivity (Wildman–Crippen MR) is 124 cm³/mol. The zero-order chi connectivity index (χ0) is 21.8. The van der Waals surface area contributed by atoms with Crippen LogP contribution < -0.4 is 4.90 Å². The van der Waals surface area contributed by atoms with Crippen molar-refractivity contribution in [3.8, 4) is 0 Å². The first-order chi connectivity index (χ1) is 14.9. The highest BCUT2D eigenvalue weighted by molar-refractivity contribution is 7.91. The molecule has 0 unspecified atom stereocenters. The molecule has 0 aliphatic rings. The molecule has 0 atom stereocenters. The Labute approximate surface area is 189 Å². The van der Waals surface area contributed by atoms with Gasteiger partial charge in [-0.2, -0.15) is 0 Å². The van der Waals surface area contributed by atoms with Crippen molar-refractivity contribution in [3.63, 3.8) is 0 Å². The van der Waals surface area contributed by atoms with Gasteiger partial charge < -0.3 is 0 Å². The van der Waals surface area contributed by atoms with Gasteiger partial charge >= 0.3 is 0 Å². The number of carbonyl (C=O) groups excluding carboxylic acids is 1. The van der Waals surface area contributed by atoms with Gasteiger partial charge in [-0.05, 0) is 35.4 Å². The molecule has 4 aromatic rings. The highest BCUT2D eigenvalue weighted by Crippen LogP contribution is 2.31. The summed E-state index contributed by atoms with van der Waals surface area (Å²) in [4.78, 5) is 23.2. The normalized spacial score (nSPS) is 11.5. The number of nitrogens with zero attached hydrogens (tertiary/aromatic N) is 3. The van der Waals surface area contributed by atoms with Gasteiger partial charge in [-0.25, -0.2) is 13.4 Å². The molecular weight excluding hydrogens is 454 g/mol. The molecule has 2 aromatic heterocycles. The highest BCUT2D eigenvalue weighted by Gasteiger charge is 2.26. The van der Waals surface area contributed by atoms with Crippen LogP contribution in [0.25, 0.3) is 10.2 Å². The minimum atomic E-state index is -3.67. The van der Waals surface area contributed by atoms with E-state index in [2.05, 4.69) is 9.97 Å². The molecule has 0 aliphatic carbocycles. The van der Waals surface area contributed by atoms with Crippen molar-refractivity contribution in [3.05, 3.63) is 89.2 Å². The van der Waals surface area contributed by atoms with Crippen LogP contribution in [0, 0.1) is 0 Å². The van der Waals surface area contributed by atoms with Gasteiger partial charge in [0.2, 0.25) is 5.91 Å². The van der Waals surface area contributed by atoms with Crippen LogP contribution in [0.2, 0.25) is 5.02 Å². The standard InChI is InChI=1S/C22H18ClN3O3S2/c23-18-8-9-19-20(11-18)30-22(25-19)26(13-17-7-4-10-24-12-17)21(27)15-31(28,29)14-16-5-2-1-3-6-16/h1-12H,13-15H2. The maximum atomic E-state index is 13.2. The molecule has 0 radical (unpaired) electrons. The predicted octanol–water partition coefficient (Wildman–Crippen LogP) is 4.49. The molecule has 6 nitrogen and oxygen atoms in total. The number of aromatic nitrogens is 2. The zero-order valence-electron chi connectivity index (χ0n) is 16.3. The summed E-state index contributed by atoms with van der Waals surface area (Å²) in [5, 5.41) is 0.985. The Balaban J connectivity index is 1.63. The topological polar surface area (TPSA) is 80.2 Å². The first-order valence-corrected chi connectivity index (χ1v) is 12.4. The van der Waals surface area contributed by atoms with Crippen molar-refractivity contribution in [2.24, 2.45) is 0 Å². The van der Waals surface area contributed by atoms with E-state index < -0.39 is 21.5 Å². The molecule has 31 heavy (non-hydrogen) atoms. The lowest BCUT2D eigenvalue weighted by Gasteiger charge is -2.20. The summed E-state index contributed by atoms with van der Waals surface area (Å²) in [7, 11) is -3.67. The number of carbonyl (C=O) groups is 1. The molecule has 4 rings (SSSR count). The minimum absolute atomic E-state index is 0.168. The van der Waals surface area contributed by atoms with Crippen LogP contribution >= 0.6 is 22.9 Å². The van der Waals surface area contributed by atoms with Crippen LogP contribution in [-0.4, -0.2) is 30.0 Å². The third-order valence-electron chi connectivity index (χ3n) is 4.51. The lowest BCUT2D eigenvalue weighted by Crippen LogP contribution is -2.35. The average Bonchev–Trinajstić information content (AvgIpc) is 3.15. The molecule has 0 saturated heterocycles. The number of pyridine rings is 1. The zero-order valence-corrected chi connectivity index (χ0v) is 18.7. The van der Waals surface area contributed by atoms with Crippen molar-refractivity contribution in [1.29, 1.82) is 0 Å². The third-order valence-corrected chi connectivity index (χ3v) is 7.24. The summed E-state index contributed by atoms with van der Waals surface area (Å²) < 4.78 is 26.3. The number of hydrogen-bond donors (Lipinski definition) is 0. The Hall–Kier alpha value is -2.81. The molecule has 158 valence electrons. The minimum Gasteiger partial charge on any atom is -0.283 e. The van der Waals surface area contributed by atoms with E-state index in [9.17, 15) is 13.2 Å². The van der Waals surface area contributed by atoms with Gasteiger partial charge in [0.1, 0.15) is 5.75 Å². The van der Waals surface area contributed by atoms with Crippen LogP contribution in [0.15, 0.2) is 73.1 Å². The van der Waals surface area contributed by atoms with E-state index in [1.54, 1.807) is 60.9 Å². The number of anilines is 1. The van der Waals surface area contributed by atoms with E-state index in [1.807, 2.05) is 12.1 Å². The second-order valence-electron chi connectivity index (χ2n) is 6.97. The van der Waals surface area contributed by atoms with Crippen LogP contribution in [0.1, 0.15) is 11.1 Å². The molecule has 2 heterocycles. The van der Waals surface area contributed by atoms with Gasteiger partial charge in [-0.1, -0.05) is 59.3 Å². The number of thiazole rings is 1. The molecule has 0 fully saturated rings. The van der Waals surface area contributed by atoms with E-state index in [0.717, 1.165) is 10.3 Å². The fraction of sp³-hybridized carbons (Fsp3) is 0.136. The summed E-state index contributed by atoms with van der Waals surface area (Å²) in [6, 6.07) is 17.7. The number of halogens is 1. The molecule has 9 heteroatoms. The monoisotopic (exact) mass is 471 g/mol. The van der Waals surface area contributed by atoms with E-state index in [0.29, 0.717) is 21.2 Å². The Kier molecular flexibility index (Phi) is 6.31. The van der Waals surface area contributed by atoms with Crippen LogP contribution in [0.5, 0.6) is 0 Å². The van der Waals surface area contributed by atoms with Crippen molar-refractivity contribution >= 4 is 54.0 Å². The lowest BCUT2D eigenvalue weighted by atomic mass is 10.2. The van der Waals surface area contributed by atoms with Gasteiger partial charge in [-0.15, -0.1) is 0 Å². The number of fused-ring (bicyclic) bond motifs is 1. The second kappa shape index (κ2) is 9.13. The second-order valence-corrected chi connectivity index (χ2v) is 10.5. The Morgan fingerprint density at radius 2 is 1.81 bits per heavy atom. The van der Waals surface area contributed by atoms with Crippen LogP contribution in [-0.2, 0) is 26.9 Å². The Bertz CT molecular complexity index is 1310. The smallest absolute Gasteiger partial charge is 0.244 e. The van der Waals surface area contributed by atoms with Crippen molar-refractivity contribution in [2.75, 3.05) is 10.7 Å². The van der Waals surface area contributed by atoms with E-state index >= 15 is 0 Å². The molecule has 0 spiro atoms. The Morgan fingerprint density at radius 1 is 1.03 bits per heavy atom. The van der Waals surface area contributed by atoms with Gasteiger partial charge in [-0.3, -0.25) is 14.7 Å². The molecular formula is C22H18ClN3O3S2. The quantitative estimate of drug-likeness (QED) is 0.396. The lowest BCUT2D eigenvalue weighted by molar-refractivity contribution is -0.116. The number of hydrogen-bond acceptors (Lipinski definition) is 6. The van der Waals surface area contributed by atoms with Gasteiger partial charge in [0.15, 0.2) is 15.0 Å². The molecule has 0 N–H and O–H groups in total. The maximum Gasteiger partial charge on any atom is 0.244 e. The summed E-state index contributed by atoms with van der Waals surface area (Å²) in [5.74, 6) is -1.35. The van der Waals surface area contributed by atoms with Crippen molar-refractivity contribution < 1.29 is 13.2 Å². The van der Waals surface area contributed by atoms with E-state index in [1.165, 1.54) is 16.2 Å². The first kappa shape index (κ1) is 21.4. The number of sulfone groups is 1. The molecule has 2 aromatic carbocycles. The highest BCUT2D eigenvalue weighted by atomic mass is 35.5. The summed E-state index contributed by atoms with van der Waals surface area (Å²) in [6.45, 7) is 0.168. The van der Waals surface area contributed by atoms with Crippen molar-refractivity contribution in [2.45, 2.75) is 12.3 Å². The molecule has 1 amide bonds. The summed E-state index contributed by atoms with van der Waals surface area (Å²) in [5.41, 5.74) is 2.11. The Morgan fingerprint density at radius 3 is 2.55 bits per heavy atom. The van der Waals surface area contributed by atoms with Crippen molar-refractivity contribution in [1.82, 2.24) is 9.97 Å². The summed E-state index contributed by atoms with van der Waals surface area (Å²) >= 11 is 7.37. The average molecular weight is 472 g/mol. The van der Waals surface area contributed by atoms with E-state index in [4.69, 9.17) is 11.6 Å². The fourth-order valence-corrected chi connectivity index (χ4v) is 5.68. The molecule has 0 saturated carbocycles.